The van der Waals surface area contributed by atoms with E-state index in [1.165, 1.54) is 36.4 Å². The summed E-state index contributed by atoms with van der Waals surface area (Å²) in [4.78, 5) is 21.1. The van der Waals surface area contributed by atoms with Crippen LogP contribution in [0.1, 0.15) is 36.7 Å². The predicted octanol–water partition coefficient (Wildman–Crippen LogP) is 5.85. The Balaban J connectivity index is 1.78. The van der Waals surface area contributed by atoms with Crippen LogP contribution in [-0.2, 0) is 26.0 Å². The second-order valence-corrected chi connectivity index (χ2v) is 10.6. The summed E-state index contributed by atoms with van der Waals surface area (Å²) in [5.41, 5.74) is -1.05. The van der Waals surface area contributed by atoms with E-state index in [1.54, 1.807) is 39.0 Å². The number of nitrogens with zero attached hydrogens (tertiary/aromatic N) is 2. The van der Waals surface area contributed by atoms with Crippen LogP contribution in [0.25, 0.3) is 22.2 Å². The van der Waals surface area contributed by atoms with Crippen molar-refractivity contribution in [1.82, 2.24) is 9.19 Å². The van der Waals surface area contributed by atoms with E-state index in [0.29, 0.717) is 21.1 Å². The Hall–Kier alpha value is -3.70. The Bertz CT molecular complexity index is 1540. The smallest absolute Gasteiger partial charge is 0.292 e. The molecule has 0 fully saturated rings. The van der Waals surface area contributed by atoms with Crippen LogP contribution in [-0.4, -0.2) is 29.2 Å². The Morgan fingerprint density at radius 1 is 0.889 bits per heavy atom. The number of fused-ring (bicyclic) bond motifs is 1. The Morgan fingerprint density at radius 2 is 1.50 bits per heavy atom. The number of rotatable bonds is 5. The van der Waals surface area contributed by atoms with Gasteiger partial charge >= 0.3 is 12.1 Å². The maximum atomic E-state index is 13.6. The zero-order chi connectivity index (χ0) is 26.3. The summed E-state index contributed by atoms with van der Waals surface area (Å²) in [7, 11) is -4.71. The van der Waals surface area contributed by atoms with Gasteiger partial charge < -0.3 is 0 Å². The highest BCUT2D eigenvalue weighted by Gasteiger charge is 2.38. The van der Waals surface area contributed by atoms with E-state index >= 15 is 0 Å². The molecule has 0 N–H and O–H groups in total. The van der Waals surface area contributed by atoms with E-state index in [-0.39, 0.29) is 16.8 Å². The number of hydrogen-bond acceptors (Lipinski definition) is 6. The molecule has 0 saturated carbocycles. The van der Waals surface area contributed by atoms with Crippen molar-refractivity contribution in [2.45, 2.75) is 37.4 Å². The van der Waals surface area contributed by atoms with Crippen molar-refractivity contribution in [2.24, 2.45) is 0 Å². The SMILES string of the molecule is CC(C)(C)OOC(=O)c1ccc(-c2nn(S(=O)(=O)c3ccccc3C(F)(F)F)c3ccccc23)cc1. The average Bonchev–Trinajstić information content (AvgIpc) is 3.22. The quantitative estimate of drug-likeness (QED) is 0.243. The van der Waals surface area contributed by atoms with Crippen LogP contribution >= 0.6 is 0 Å². The number of hydrogen-bond donors (Lipinski definition) is 0. The molecule has 0 aliphatic carbocycles. The third kappa shape index (κ3) is 4.98. The van der Waals surface area contributed by atoms with Crippen molar-refractivity contribution >= 4 is 26.9 Å². The summed E-state index contributed by atoms with van der Waals surface area (Å²) in [6.45, 7) is 5.14. The largest absolute Gasteiger partial charge is 0.417 e. The molecule has 0 saturated heterocycles. The molecule has 188 valence electrons. The molecule has 0 spiro atoms. The first-order valence-corrected chi connectivity index (χ1v) is 12.1. The van der Waals surface area contributed by atoms with Crippen LogP contribution in [0.4, 0.5) is 13.2 Å². The molecule has 0 amide bonds. The molecule has 0 aliphatic rings. The fourth-order valence-corrected chi connectivity index (χ4v) is 4.94. The van der Waals surface area contributed by atoms with Crippen molar-refractivity contribution in [3.05, 3.63) is 83.9 Å². The minimum Gasteiger partial charge on any atom is -0.292 e. The molecule has 0 bridgehead atoms. The van der Waals surface area contributed by atoms with Crippen LogP contribution < -0.4 is 0 Å². The molecule has 3 aromatic carbocycles. The normalized spacial score (nSPS) is 12.6. The number of para-hydroxylation sites is 1. The number of aromatic nitrogens is 2. The highest BCUT2D eigenvalue weighted by atomic mass is 32.2. The van der Waals surface area contributed by atoms with E-state index in [9.17, 15) is 26.4 Å². The second-order valence-electron chi connectivity index (χ2n) is 8.85. The lowest BCUT2D eigenvalue weighted by Crippen LogP contribution is -2.21. The summed E-state index contributed by atoms with van der Waals surface area (Å²) in [6, 6.07) is 16.2. The minimum absolute atomic E-state index is 0.103. The number of alkyl halides is 3. The predicted molar refractivity (Wildman–Crippen MR) is 125 cm³/mol. The molecule has 11 heteroatoms. The highest BCUT2D eigenvalue weighted by molar-refractivity contribution is 7.90. The van der Waals surface area contributed by atoms with Crippen molar-refractivity contribution < 1.29 is 36.2 Å². The van der Waals surface area contributed by atoms with Crippen LogP contribution in [0.3, 0.4) is 0 Å². The molecule has 0 atom stereocenters. The summed E-state index contributed by atoms with van der Waals surface area (Å²) < 4.78 is 68.0. The van der Waals surface area contributed by atoms with E-state index in [1.807, 2.05) is 0 Å². The van der Waals surface area contributed by atoms with Crippen molar-refractivity contribution in [2.75, 3.05) is 0 Å². The van der Waals surface area contributed by atoms with Gasteiger partial charge in [-0.1, -0.05) is 42.5 Å². The third-order valence-corrected chi connectivity index (χ3v) is 6.66. The van der Waals surface area contributed by atoms with Crippen LogP contribution in [0, 0.1) is 0 Å². The van der Waals surface area contributed by atoms with Crippen molar-refractivity contribution in [3.63, 3.8) is 0 Å². The number of carbonyl (C=O) groups excluding carboxylic acids is 1. The van der Waals surface area contributed by atoms with Crippen LogP contribution in [0.5, 0.6) is 0 Å². The lowest BCUT2D eigenvalue weighted by Gasteiger charge is -2.16. The lowest BCUT2D eigenvalue weighted by atomic mass is 10.1. The molecule has 36 heavy (non-hydrogen) atoms. The molecule has 0 aliphatic heterocycles. The fourth-order valence-electron chi connectivity index (χ4n) is 3.43. The maximum Gasteiger partial charge on any atom is 0.417 e. The van der Waals surface area contributed by atoms with Crippen molar-refractivity contribution in [3.8, 4) is 11.3 Å². The van der Waals surface area contributed by atoms with Gasteiger partial charge in [-0.25, -0.2) is 4.79 Å². The van der Waals surface area contributed by atoms with Gasteiger partial charge in [-0.3, -0.25) is 4.89 Å². The Kier molecular flexibility index (Phi) is 6.40. The van der Waals surface area contributed by atoms with Gasteiger partial charge in [0.15, 0.2) is 0 Å². The lowest BCUT2D eigenvalue weighted by molar-refractivity contribution is -0.301. The zero-order valence-electron chi connectivity index (χ0n) is 19.4. The second kappa shape index (κ2) is 9.07. The summed E-state index contributed by atoms with van der Waals surface area (Å²) in [6.07, 6.45) is -4.88. The van der Waals surface area contributed by atoms with Gasteiger partial charge in [0.1, 0.15) is 16.2 Å². The Morgan fingerprint density at radius 3 is 2.14 bits per heavy atom. The first-order chi connectivity index (χ1) is 16.8. The highest BCUT2D eigenvalue weighted by Crippen LogP contribution is 2.36. The number of halogens is 3. The maximum absolute atomic E-state index is 13.6. The van der Waals surface area contributed by atoms with Gasteiger partial charge in [-0.2, -0.15) is 35.7 Å². The summed E-state index contributed by atoms with van der Waals surface area (Å²) in [5.74, 6) is -0.724. The van der Waals surface area contributed by atoms with E-state index in [2.05, 4.69) is 5.10 Å². The minimum atomic E-state index is -4.88. The molecule has 7 nitrogen and oxygen atoms in total. The van der Waals surface area contributed by atoms with Gasteiger partial charge in [-0.15, -0.1) is 0 Å². The standard InChI is InChI=1S/C25H21F3N2O5S/c1-24(2,3)35-34-23(31)17-14-12-16(13-15-17)22-18-8-4-6-10-20(18)30(29-22)36(32,33)21-11-7-5-9-19(21)25(26,27)28/h4-15H,1-3H3. The molecular formula is C25H21F3N2O5S. The van der Waals surface area contributed by atoms with Crippen LogP contribution in [0.2, 0.25) is 0 Å². The van der Waals surface area contributed by atoms with Gasteiger partial charge in [0.05, 0.1) is 16.6 Å². The van der Waals surface area contributed by atoms with Crippen LogP contribution in [0.15, 0.2) is 77.7 Å². The summed E-state index contributed by atoms with van der Waals surface area (Å²) in [5, 5.41) is 4.59. The first kappa shape index (κ1) is 25.4. The van der Waals surface area contributed by atoms with E-state index < -0.39 is 38.2 Å². The van der Waals surface area contributed by atoms with Gasteiger partial charge in [0, 0.05) is 10.9 Å². The molecule has 0 radical (unpaired) electrons. The van der Waals surface area contributed by atoms with Crippen molar-refractivity contribution in [1.29, 1.82) is 0 Å². The molecule has 4 aromatic rings. The number of carbonyl (C=O) groups is 1. The molecule has 4 rings (SSSR count). The van der Waals surface area contributed by atoms with Gasteiger partial charge in [0.2, 0.25) is 0 Å². The molecule has 1 heterocycles. The third-order valence-electron chi connectivity index (χ3n) is 5.02. The number of benzene rings is 3. The van der Waals surface area contributed by atoms with E-state index in [0.717, 1.165) is 12.1 Å². The van der Waals surface area contributed by atoms with Gasteiger partial charge in [-0.05, 0) is 51.1 Å². The summed E-state index contributed by atoms with van der Waals surface area (Å²) >= 11 is 0. The molecular weight excluding hydrogens is 497 g/mol. The zero-order valence-corrected chi connectivity index (χ0v) is 20.2. The average molecular weight is 519 g/mol. The van der Waals surface area contributed by atoms with Gasteiger partial charge in [0.25, 0.3) is 10.0 Å². The first-order valence-electron chi connectivity index (χ1n) is 10.7. The monoisotopic (exact) mass is 518 g/mol. The molecule has 0 unspecified atom stereocenters. The molecule has 1 aromatic heterocycles. The van der Waals surface area contributed by atoms with E-state index in [4.69, 9.17) is 9.78 Å². The topological polar surface area (TPSA) is 87.5 Å². The fraction of sp³-hybridized carbons (Fsp3) is 0.200. The Labute approximate surface area is 205 Å².